The number of ether oxygens (including phenoxy) is 1. The monoisotopic (exact) mass is 291 g/mol. The van der Waals surface area contributed by atoms with Crippen LogP contribution in [0.1, 0.15) is 45.1 Å². The Kier molecular flexibility index (Phi) is 5.23. The molecule has 1 aliphatic carbocycles. The summed E-state index contributed by atoms with van der Waals surface area (Å²) in [4.78, 5) is 11.6. The molecular formula is C17H25NO3. The Balaban J connectivity index is 2.08. The number of benzene rings is 1. The van der Waals surface area contributed by atoms with Gasteiger partial charge in [0.15, 0.2) is 0 Å². The van der Waals surface area contributed by atoms with Crippen molar-refractivity contribution in [2.24, 2.45) is 0 Å². The quantitative estimate of drug-likeness (QED) is 0.846. The van der Waals surface area contributed by atoms with E-state index in [1.165, 1.54) is 5.56 Å². The van der Waals surface area contributed by atoms with Crippen molar-refractivity contribution in [3.63, 3.8) is 0 Å². The normalized spacial score (nSPS) is 25.5. The fraction of sp³-hybridized carbons (Fsp3) is 0.588. The van der Waals surface area contributed by atoms with Crippen LogP contribution in [0.2, 0.25) is 0 Å². The molecule has 0 bridgehead atoms. The van der Waals surface area contributed by atoms with Crippen LogP contribution in [0.4, 0.5) is 0 Å². The van der Waals surface area contributed by atoms with Crippen LogP contribution in [-0.4, -0.2) is 29.3 Å². The molecule has 0 saturated heterocycles. The Bertz CT molecular complexity index is 485. The number of carboxylic acids is 1. The summed E-state index contributed by atoms with van der Waals surface area (Å²) in [6.07, 6.45) is 3.91. The fourth-order valence-corrected chi connectivity index (χ4v) is 3.12. The highest BCUT2D eigenvalue weighted by Gasteiger charge is 2.43. The fourth-order valence-electron chi connectivity index (χ4n) is 3.12. The third-order valence-corrected chi connectivity index (χ3v) is 4.24. The molecule has 0 aliphatic heterocycles. The highest BCUT2D eigenvalue weighted by atomic mass is 16.5. The van der Waals surface area contributed by atoms with Crippen LogP contribution in [0.15, 0.2) is 24.3 Å². The number of carboxylic acid groups (broad SMARTS) is 1. The number of rotatable bonds is 6. The van der Waals surface area contributed by atoms with Crippen LogP contribution in [0, 0.1) is 0 Å². The lowest BCUT2D eigenvalue weighted by atomic mass is 9.80. The van der Waals surface area contributed by atoms with Gasteiger partial charge in [-0.2, -0.15) is 0 Å². The first-order valence-electron chi connectivity index (χ1n) is 7.83. The van der Waals surface area contributed by atoms with Gasteiger partial charge < -0.3 is 15.2 Å². The van der Waals surface area contributed by atoms with Gasteiger partial charge in [0.05, 0.1) is 0 Å². The molecule has 1 fully saturated rings. The lowest BCUT2D eigenvalue weighted by Crippen LogP contribution is -2.56. The van der Waals surface area contributed by atoms with Crippen LogP contribution in [0.3, 0.4) is 0 Å². The van der Waals surface area contributed by atoms with Crippen molar-refractivity contribution < 1.29 is 14.6 Å². The van der Waals surface area contributed by atoms with E-state index in [0.29, 0.717) is 19.4 Å². The minimum absolute atomic E-state index is 0.0407. The Labute approximate surface area is 126 Å². The summed E-state index contributed by atoms with van der Waals surface area (Å²) in [5.74, 6) is 0.0806. The second kappa shape index (κ2) is 6.94. The molecule has 0 radical (unpaired) electrons. The molecule has 2 unspecified atom stereocenters. The average molecular weight is 291 g/mol. The number of nitrogens with one attached hydrogen (secondary N) is 1. The van der Waals surface area contributed by atoms with Crippen LogP contribution < -0.4 is 10.1 Å². The van der Waals surface area contributed by atoms with Gasteiger partial charge in [-0.1, -0.05) is 26.0 Å². The standard InChI is InChI=1S/C17H25NO3/c1-3-13-7-5-8-14(11-13)21-15-9-6-10-17(12-15,16(19)20)18-4-2/h5,7-8,11,15,18H,3-4,6,9-10,12H2,1-2H3,(H,19,20). The van der Waals surface area contributed by atoms with Gasteiger partial charge >= 0.3 is 5.97 Å². The minimum atomic E-state index is -0.833. The van der Waals surface area contributed by atoms with Gasteiger partial charge in [-0.3, -0.25) is 4.79 Å². The summed E-state index contributed by atoms with van der Waals surface area (Å²) in [7, 11) is 0. The molecule has 2 rings (SSSR count). The van der Waals surface area contributed by atoms with Gasteiger partial charge in [-0.25, -0.2) is 0 Å². The average Bonchev–Trinajstić information content (AvgIpc) is 2.48. The van der Waals surface area contributed by atoms with Crippen LogP contribution in [0.25, 0.3) is 0 Å². The van der Waals surface area contributed by atoms with Gasteiger partial charge in [0, 0.05) is 6.42 Å². The second-order valence-electron chi connectivity index (χ2n) is 5.75. The van der Waals surface area contributed by atoms with E-state index in [2.05, 4.69) is 18.3 Å². The van der Waals surface area contributed by atoms with Gasteiger partial charge in [0.2, 0.25) is 0 Å². The Morgan fingerprint density at radius 3 is 2.95 bits per heavy atom. The number of carbonyl (C=O) groups is 1. The number of likely N-dealkylation sites (N-methyl/N-ethyl adjacent to an activating group) is 1. The van der Waals surface area contributed by atoms with Crippen molar-refractivity contribution in [3.05, 3.63) is 29.8 Å². The molecule has 1 aliphatic rings. The third kappa shape index (κ3) is 3.76. The van der Waals surface area contributed by atoms with Gasteiger partial charge in [0.25, 0.3) is 0 Å². The van der Waals surface area contributed by atoms with Crippen molar-refractivity contribution in [3.8, 4) is 5.75 Å². The van der Waals surface area contributed by atoms with E-state index in [4.69, 9.17) is 4.74 Å². The SMILES string of the molecule is CCNC1(C(=O)O)CCCC(Oc2cccc(CC)c2)C1. The second-order valence-corrected chi connectivity index (χ2v) is 5.75. The van der Waals surface area contributed by atoms with E-state index in [-0.39, 0.29) is 6.10 Å². The maximum atomic E-state index is 11.6. The first kappa shape index (κ1) is 15.8. The Hall–Kier alpha value is -1.55. The van der Waals surface area contributed by atoms with Crippen LogP contribution in [0.5, 0.6) is 5.75 Å². The molecule has 0 aromatic heterocycles. The molecule has 1 aromatic rings. The maximum Gasteiger partial charge on any atom is 0.324 e. The highest BCUT2D eigenvalue weighted by molar-refractivity contribution is 5.79. The summed E-state index contributed by atoms with van der Waals surface area (Å²) < 4.78 is 6.05. The predicted octanol–water partition coefficient (Wildman–Crippen LogP) is 3.00. The molecule has 4 heteroatoms. The van der Waals surface area contributed by atoms with E-state index in [0.717, 1.165) is 25.0 Å². The molecule has 0 heterocycles. The lowest BCUT2D eigenvalue weighted by molar-refractivity contribution is -0.147. The Morgan fingerprint density at radius 2 is 2.29 bits per heavy atom. The summed E-state index contributed by atoms with van der Waals surface area (Å²) >= 11 is 0. The van der Waals surface area contributed by atoms with E-state index in [9.17, 15) is 9.90 Å². The number of hydrogen-bond acceptors (Lipinski definition) is 3. The van der Waals surface area contributed by atoms with Gasteiger partial charge in [-0.05, 0) is 49.9 Å². The zero-order valence-corrected chi connectivity index (χ0v) is 12.9. The zero-order valence-electron chi connectivity index (χ0n) is 12.9. The van der Waals surface area contributed by atoms with Crippen molar-refractivity contribution in [1.29, 1.82) is 0 Å². The van der Waals surface area contributed by atoms with E-state index in [1.807, 2.05) is 25.1 Å². The van der Waals surface area contributed by atoms with Gasteiger partial charge in [-0.15, -0.1) is 0 Å². The molecule has 2 atom stereocenters. The predicted molar refractivity (Wildman–Crippen MR) is 82.7 cm³/mol. The number of aryl methyl sites for hydroxylation is 1. The zero-order chi connectivity index (χ0) is 15.3. The smallest absolute Gasteiger partial charge is 0.324 e. The Morgan fingerprint density at radius 1 is 1.48 bits per heavy atom. The van der Waals surface area contributed by atoms with Crippen LogP contribution >= 0.6 is 0 Å². The van der Waals surface area contributed by atoms with Crippen molar-refractivity contribution >= 4 is 5.97 Å². The molecule has 21 heavy (non-hydrogen) atoms. The van der Waals surface area contributed by atoms with Crippen molar-refractivity contribution in [1.82, 2.24) is 5.32 Å². The number of hydrogen-bond donors (Lipinski definition) is 2. The van der Waals surface area contributed by atoms with E-state index in [1.54, 1.807) is 0 Å². The highest BCUT2D eigenvalue weighted by Crippen LogP contribution is 2.31. The molecule has 1 saturated carbocycles. The summed E-state index contributed by atoms with van der Waals surface area (Å²) in [6, 6.07) is 8.06. The minimum Gasteiger partial charge on any atom is -0.490 e. The molecule has 2 N–H and O–H groups in total. The maximum absolute atomic E-state index is 11.6. The first-order chi connectivity index (χ1) is 10.1. The molecule has 4 nitrogen and oxygen atoms in total. The van der Waals surface area contributed by atoms with Crippen molar-refractivity contribution in [2.75, 3.05) is 6.54 Å². The summed E-state index contributed by atoms with van der Waals surface area (Å²) in [5, 5.41) is 12.7. The largest absolute Gasteiger partial charge is 0.490 e. The summed E-state index contributed by atoms with van der Waals surface area (Å²) in [6.45, 7) is 4.71. The molecule has 116 valence electrons. The molecule has 0 amide bonds. The van der Waals surface area contributed by atoms with Gasteiger partial charge in [0.1, 0.15) is 17.4 Å². The van der Waals surface area contributed by atoms with E-state index < -0.39 is 11.5 Å². The summed E-state index contributed by atoms with van der Waals surface area (Å²) in [5.41, 5.74) is 0.402. The third-order valence-electron chi connectivity index (χ3n) is 4.24. The molecular weight excluding hydrogens is 266 g/mol. The van der Waals surface area contributed by atoms with E-state index >= 15 is 0 Å². The molecule has 1 aromatic carbocycles. The lowest BCUT2D eigenvalue weighted by Gasteiger charge is -2.38. The van der Waals surface area contributed by atoms with Crippen molar-refractivity contribution in [2.45, 2.75) is 57.6 Å². The molecule has 0 spiro atoms. The topological polar surface area (TPSA) is 58.6 Å². The van der Waals surface area contributed by atoms with Crippen LogP contribution in [-0.2, 0) is 11.2 Å². The first-order valence-corrected chi connectivity index (χ1v) is 7.83. The number of aliphatic carboxylic acids is 1.